The van der Waals surface area contributed by atoms with Crippen LogP contribution in [0.15, 0.2) is 48.5 Å². The van der Waals surface area contributed by atoms with Gasteiger partial charge in [-0.3, -0.25) is 14.4 Å². The third kappa shape index (κ3) is 3.63. The van der Waals surface area contributed by atoms with Gasteiger partial charge in [-0.2, -0.15) is 0 Å². The van der Waals surface area contributed by atoms with Gasteiger partial charge in [0.15, 0.2) is 5.78 Å². The van der Waals surface area contributed by atoms with E-state index in [1.54, 1.807) is 24.3 Å². The SMILES string of the molecule is CC(=O)c1cccc(NC(=O)C2CC2C(=O)N2CCc3ccccc3C2)c1. The van der Waals surface area contributed by atoms with Crippen molar-refractivity contribution in [1.82, 2.24) is 4.90 Å². The van der Waals surface area contributed by atoms with Gasteiger partial charge in [-0.05, 0) is 43.0 Å². The minimum atomic E-state index is -0.282. The quantitative estimate of drug-likeness (QED) is 0.850. The molecule has 1 N–H and O–H groups in total. The molecule has 5 nitrogen and oxygen atoms in total. The Morgan fingerprint density at radius 2 is 1.78 bits per heavy atom. The number of amides is 2. The van der Waals surface area contributed by atoms with Crippen molar-refractivity contribution in [2.24, 2.45) is 11.8 Å². The van der Waals surface area contributed by atoms with E-state index in [4.69, 9.17) is 0 Å². The van der Waals surface area contributed by atoms with Crippen molar-refractivity contribution < 1.29 is 14.4 Å². The fourth-order valence-corrected chi connectivity index (χ4v) is 3.73. The van der Waals surface area contributed by atoms with Crippen LogP contribution in [0.1, 0.15) is 34.8 Å². The molecule has 2 aromatic rings. The zero-order valence-electron chi connectivity index (χ0n) is 15.3. The Morgan fingerprint density at radius 3 is 2.56 bits per heavy atom. The topological polar surface area (TPSA) is 66.5 Å². The van der Waals surface area contributed by atoms with Crippen molar-refractivity contribution in [3.05, 3.63) is 65.2 Å². The van der Waals surface area contributed by atoms with E-state index in [2.05, 4.69) is 17.4 Å². The van der Waals surface area contributed by atoms with Crippen molar-refractivity contribution in [1.29, 1.82) is 0 Å². The molecule has 1 fully saturated rings. The molecule has 2 aliphatic rings. The number of hydrogen-bond acceptors (Lipinski definition) is 3. The molecule has 1 aliphatic heterocycles. The summed E-state index contributed by atoms with van der Waals surface area (Å²) in [4.78, 5) is 38.6. The van der Waals surface area contributed by atoms with Gasteiger partial charge in [-0.1, -0.05) is 36.4 Å². The van der Waals surface area contributed by atoms with Crippen LogP contribution in [0.4, 0.5) is 5.69 Å². The molecule has 0 radical (unpaired) electrons. The molecular formula is C22H22N2O3. The van der Waals surface area contributed by atoms with Crippen LogP contribution < -0.4 is 5.32 Å². The summed E-state index contributed by atoms with van der Waals surface area (Å²) in [6.07, 6.45) is 1.46. The minimum Gasteiger partial charge on any atom is -0.338 e. The molecule has 5 heteroatoms. The molecular weight excluding hydrogens is 340 g/mol. The van der Waals surface area contributed by atoms with Gasteiger partial charge in [-0.15, -0.1) is 0 Å². The Balaban J connectivity index is 1.36. The number of rotatable bonds is 4. The number of carbonyl (C=O) groups is 3. The number of Topliss-reactive ketones (excluding diaryl/α,β-unsaturated/α-hetero) is 1. The number of hydrogen-bond donors (Lipinski definition) is 1. The minimum absolute atomic E-state index is 0.0454. The lowest BCUT2D eigenvalue weighted by molar-refractivity contribution is -0.135. The lowest BCUT2D eigenvalue weighted by atomic mass is 9.99. The second kappa shape index (κ2) is 6.99. The lowest BCUT2D eigenvalue weighted by Crippen LogP contribution is -2.37. The summed E-state index contributed by atoms with van der Waals surface area (Å²) in [6, 6.07) is 15.1. The monoisotopic (exact) mass is 362 g/mol. The number of ketones is 1. The van der Waals surface area contributed by atoms with Crippen LogP contribution >= 0.6 is 0 Å². The molecule has 1 heterocycles. The largest absolute Gasteiger partial charge is 0.338 e. The fourth-order valence-electron chi connectivity index (χ4n) is 3.73. The van der Waals surface area contributed by atoms with Crippen LogP contribution in [0.5, 0.6) is 0 Å². The highest BCUT2D eigenvalue weighted by Gasteiger charge is 2.49. The second-order valence-corrected chi connectivity index (χ2v) is 7.35. The summed E-state index contributed by atoms with van der Waals surface area (Å²) in [5, 5.41) is 2.84. The van der Waals surface area contributed by atoms with E-state index < -0.39 is 0 Å². The molecule has 1 aliphatic carbocycles. The van der Waals surface area contributed by atoms with Gasteiger partial charge in [0.2, 0.25) is 11.8 Å². The van der Waals surface area contributed by atoms with Crippen molar-refractivity contribution in [3.63, 3.8) is 0 Å². The Kier molecular flexibility index (Phi) is 4.52. The van der Waals surface area contributed by atoms with Crippen LogP contribution in [-0.2, 0) is 22.6 Å². The Labute approximate surface area is 158 Å². The second-order valence-electron chi connectivity index (χ2n) is 7.35. The first kappa shape index (κ1) is 17.5. The van der Waals surface area contributed by atoms with Gasteiger partial charge in [0.05, 0.1) is 11.8 Å². The summed E-state index contributed by atoms with van der Waals surface area (Å²) >= 11 is 0. The van der Waals surface area contributed by atoms with Crippen LogP contribution in [0.25, 0.3) is 0 Å². The molecule has 4 rings (SSSR count). The highest BCUT2D eigenvalue weighted by atomic mass is 16.2. The molecule has 2 unspecified atom stereocenters. The lowest BCUT2D eigenvalue weighted by Gasteiger charge is -2.29. The normalized spacial score (nSPS) is 20.6. The summed E-state index contributed by atoms with van der Waals surface area (Å²) in [7, 11) is 0. The molecule has 2 amide bonds. The van der Waals surface area contributed by atoms with Gasteiger partial charge < -0.3 is 10.2 Å². The maximum atomic E-state index is 12.8. The molecule has 0 saturated heterocycles. The third-order valence-corrected chi connectivity index (χ3v) is 5.42. The van der Waals surface area contributed by atoms with Gasteiger partial charge in [0.25, 0.3) is 0 Å². The zero-order valence-corrected chi connectivity index (χ0v) is 15.3. The number of anilines is 1. The molecule has 27 heavy (non-hydrogen) atoms. The van der Waals surface area contributed by atoms with E-state index >= 15 is 0 Å². The molecule has 1 saturated carbocycles. The fraction of sp³-hybridized carbons (Fsp3) is 0.318. The average Bonchev–Trinajstić information content (AvgIpc) is 3.48. The first-order chi connectivity index (χ1) is 13.0. The van der Waals surface area contributed by atoms with E-state index in [-0.39, 0.29) is 29.4 Å². The van der Waals surface area contributed by atoms with Crippen LogP contribution in [0.3, 0.4) is 0 Å². The van der Waals surface area contributed by atoms with Gasteiger partial charge in [0, 0.05) is 24.3 Å². The van der Waals surface area contributed by atoms with Gasteiger partial charge in [0.1, 0.15) is 0 Å². The number of nitrogens with zero attached hydrogens (tertiary/aromatic N) is 1. The van der Waals surface area contributed by atoms with Gasteiger partial charge >= 0.3 is 0 Å². The number of carbonyl (C=O) groups excluding carboxylic acids is 3. The van der Waals surface area contributed by atoms with E-state index in [1.807, 2.05) is 17.0 Å². The highest BCUT2D eigenvalue weighted by Crippen LogP contribution is 2.41. The van der Waals surface area contributed by atoms with Crippen molar-refractivity contribution in [2.75, 3.05) is 11.9 Å². The summed E-state index contributed by atoms with van der Waals surface area (Å²) in [5.41, 5.74) is 3.65. The molecule has 2 aromatic carbocycles. The van der Waals surface area contributed by atoms with Crippen LogP contribution in [0.2, 0.25) is 0 Å². The maximum absolute atomic E-state index is 12.8. The van der Waals surface area contributed by atoms with E-state index in [9.17, 15) is 14.4 Å². The third-order valence-electron chi connectivity index (χ3n) is 5.42. The van der Waals surface area contributed by atoms with E-state index in [1.165, 1.54) is 18.1 Å². The molecule has 2 atom stereocenters. The predicted octanol–water partition coefficient (Wildman–Crippen LogP) is 3.05. The molecule has 138 valence electrons. The Morgan fingerprint density at radius 1 is 1.00 bits per heavy atom. The van der Waals surface area contributed by atoms with Gasteiger partial charge in [-0.25, -0.2) is 0 Å². The molecule has 0 aromatic heterocycles. The first-order valence-electron chi connectivity index (χ1n) is 9.30. The molecule has 0 bridgehead atoms. The Hall–Kier alpha value is -2.95. The number of fused-ring (bicyclic) bond motifs is 1. The summed E-state index contributed by atoms with van der Waals surface area (Å²) in [6.45, 7) is 2.83. The maximum Gasteiger partial charge on any atom is 0.228 e. The highest BCUT2D eigenvalue weighted by molar-refractivity contribution is 6.01. The predicted molar refractivity (Wildman–Crippen MR) is 102 cm³/mol. The number of nitrogens with one attached hydrogen (secondary N) is 1. The number of benzene rings is 2. The Bertz CT molecular complexity index is 921. The van der Waals surface area contributed by atoms with Crippen LogP contribution in [-0.4, -0.2) is 29.0 Å². The van der Waals surface area contributed by atoms with Crippen molar-refractivity contribution in [2.45, 2.75) is 26.3 Å². The van der Waals surface area contributed by atoms with Crippen LogP contribution in [0, 0.1) is 11.8 Å². The molecule has 0 spiro atoms. The summed E-state index contributed by atoms with van der Waals surface area (Å²) in [5.74, 6) is -0.633. The van der Waals surface area contributed by atoms with Crippen molar-refractivity contribution >= 4 is 23.3 Å². The zero-order chi connectivity index (χ0) is 19.0. The first-order valence-corrected chi connectivity index (χ1v) is 9.30. The average molecular weight is 362 g/mol. The van der Waals surface area contributed by atoms with E-state index in [0.717, 1.165) is 6.42 Å². The smallest absolute Gasteiger partial charge is 0.228 e. The summed E-state index contributed by atoms with van der Waals surface area (Å²) < 4.78 is 0. The van der Waals surface area contributed by atoms with E-state index in [0.29, 0.717) is 30.8 Å². The van der Waals surface area contributed by atoms with Crippen molar-refractivity contribution in [3.8, 4) is 0 Å². The standard InChI is InChI=1S/C22H22N2O3/c1-14(25)16-7-4-8-18(11-16)23-21(26)19-12-20(19)22(27)24-10-9-15-5-2-3-6-17(15)13-24/h2-8,11,19-20H,9-10,12-13H2,1H3,(H,23,26).